The van der Waals surface area contributed by atoms with Crippen molar-refractivity contribution in [1.29, 1.82) is 0 Å². The van der Waals surface area contributed by atoms with Crippen LogP contribution in [0.1, 0.15) is 44.0 Å². The van der Waals surface area contributed by atoms with E-state index >= 15 is 0 Å². The Kier molecular flexibility index (Phi) is 5.85. The van der Waals surface area contributed by atoms with Gasteiger partial charge in [0.15, 0.2) is 6.54 Å². The normalized spacial score (nSPS) is 21.3. The first-order valence-corrected chi connectivity index (χ1v) is 9.89. The number of fused-ring (bicyclic) bond motifs is 1. The molecule has 130 valence electrons. The number of nitrogens with one attached hydrogen (secondary N) is 2. The number of quaternary nitrogens is 1. The third-order valence-electron chi connectivity index (χ3n) is 4.81. The maximum atomic E-state index is 12.0. The summed E-state index contributed by atoms with van der Waals surface area (Å²) >= 11 is 1.83. The van der Waals surface area contributed by atoms with Gasteiger partial charge in [0.2, 0.25) is 0 Å². The number of para-hydroxylation sites is 1. The zero-order chi connectivity index (χ0) is 16.9. The minimum absolute atomic E-state index is 0.198. The van der Waals surface area contributed by atoms with Crippen LogP contribution in [0.5, 0.6) is 0 Å². The zero-order valence-electron chi connectivity index (χ0n) is 14.7. The van der Waals surface area contributed by atoms with Crippen LogP contribution in [0.3, 0.4) is 0 Å². The van der Waals surface area contributed by atoms with Crippen molar-refractivity contribution >= 4 is 27.5 Å². The average Bonchev–Trinajstić information content (AvgIpc) is 2.99. The van der Waals surface area contributed by atoms with E-state index < -0.39 is 0 Å². The highest BCUT2D eigenvalue weighted by Gasteiger charge is 2.26. The Morgan fingerprint density at radius 1 is 1.33 bits per heavy atom. The summed E-state index contributed by atoms with van der Waals surface area (Å²) in [5.41, 5.74) is 1.12. The molecular weight excluding hydrogens is 318 g/mol. The molecule has 4 nitrogen and oxygen atoms in total. The van der Waals surface area contributed by atoms with Crippen LogP contribution in [0.2, 0.25) is 0 Å². The van der Waals surface area contributed by atoms with Gasteiger partial charge in [0.1, 0.15) is 0 Å². The van der Waals surface area contributed by atoms with Gasteiger partial charge >= 0.3 is 0 Å². The molecule has 1 aliphatic heterocycles. The number of piperidine rings is 1. The molecule has 24 heavy (non-hydrogen) atoms. The van der Waals surface area contributed by atoms with Gasteiger partial charge in [-0.15, -0.1) is 11.3 Å². The Morgan fingerprint density at radius 2 is 2.08 bits per heavy atom. The van der Waals surface area contributed by atoms with E-state index in [0.29, 0.717) is 18.4 Å². The highest BCUT2D eigenvalue weighted by molar-refractivity contribution is 7.18. The quantitative estimate of drug-likeness (QED) is 0.842. The molecule has 1 fully saturated rings. The lowest BCUT2D eigenvalue weighted by molar-refractivity contribution is -0.897. The molecule has 1 saturated heterocycles. The maximum absolute atomic E-state index is 12.0. The first-order chi connectivity index (χ1) is 11.6. The van der Waals surface area contributed by atoms with E-state index in [1.807, 2.05) is 11.3 Å². The van der Waals surface area contributed by atoms with Gasteiger partial charge in [-0.05, 0) is 24.5 Å². The van der Waals surface area contributed by atoms with Crippen LogP contribution in [0.4, 0.5) is 0 Å². The lowest BCUT2D eigenvalue weighted by atomic mass is 9.97. The highest BCUT2D eigenvalue weighted by Crippen LogP contribution is 2.31. The lowest BCUT2D eigenvalue weighted by Crippen LogP contribution is -3.14. The van der Waals surface area contributed by atoms with Crippen molar-refractivity contribution in [2.24, 2.45) is 5.92 Å². The zero-order valence-corrected chi connectivity index (χ0v) is 15.5. The van der Waals surface area contributed by atoms with Gasteiger partial charge in [-0.1, -0.05) is 26.0 Å². The molecule has 0 spiro atoms. The van der Waals surface area contributed by atoms with Crippen molar-refractivity contribution in [2.45, 2.75) is 39.0 Å². The monoisotopic (exact) mass is 346 g/mol. The molecule has 1 amide bonds. The molecule has 2 heterocycles. The second-order valence-corrected chi connectivity index (χ2v) is 8.32. The number of hydrogen-bond acceptors (Lipinski definition) is 3. The van der Waals surface area contributed by atoms with Crippen molar-refractivity contribution in [3.8, 4) is 0 Å². The Bertz CT molecular complexity index is 641. The molecule has 1 aromatic carbocycles. The molecule has 0 bridgehead atoms. The smallest absolute Gasteiger partial charge is 0.275 e. The van der Waals surface area contributed by atoms with Crippen LogP contribution in [-0.2, 0) is 4.79 Å². The number of carbonyl (C=O) groups excluding carboxylic acids is 1. The van der Waals surface area contributed by atoms with Crippen LogP contribution < -0.4 is 10.2 Å². The van der Waals surface area contributed by atoms with E-state index in [1.165, 1.54) is 14.6 Å². The van der Waals surface area contributed by atoms with Crippen molar-refractivity contribution < 1.29 is 9.69 Å². The van der Waals surface area contributed by atoms with E-state index in [4.69, 9.17) is 4.98 Å². The third kappa shape index (κ3) is 4.54. The molecule has 0 radical (unpaired) electrons. The molecule has 0 atom stereocenters. The summed E-state index contributed by atoms with van der Waals surface area (Å²) in [6.07, 6.45) is 3.32. The fourth-order valence-corrected chi connectivity index (χ4v) is 4.44. The predicted molar refractivity (Wildman–Crippen MR) is 99.6 cm³/mol. The summed E-state index contributed by atoms with van der Waals surface area (Å²) < 4.78 is 1.28. The third-order valence-corrected chi connectivity index (χ3v) is 6.01. The Morgan fingerprint density at radius 3 is 2.79 bits per heavy atom. The molecule has 5 heteroatoms. The summed E-state index contributed by atoms with van der Waals surface area (Å²) in [5.74, 6) is 1.40. The molecule has 1 aromatic heterocycles. The van der Waals surface area contributed by atoms with Crippen molar-refractivity contribution in [1.82, 2.24) is 10.3 Å². The van der Waals surface area contributed by atoms with Crippen LogP contribution in [0, 0.1) is 5.92 Å². The molecule has 0 aliphatic carbocycles. The standard InChI is InChI=1S/C19H27N3OS/c1-14(2)7-10-20-18(23)13-22-11-8-15(9-12-22)19-21-16-5-3-4-6-17(16)24-19/h3-6,14-15H,7-13H2,1-2H3,(H,20,23)/p+1. The molecular formula is C19H28N3OS+. The minimum Gasteiger partial charge on any atom is -0.351 e. The number of carbonyl (C=O) groups is 1. The number of hydrogen-bond donors (Lipinski definition) is 2. The number of rotatable bonds is 6. The predicted octanol–water partition coefficient (Wildman–Crippen LogP) is 2.22. The van der Waals surface area contributed by atoms with E-state index in [0.717, 1.165) is 44.4 Å². The number of amides is 1. The first-order valence-electron chi connectivity index (χ1n) is 9.07. The van der Waals surface area contributed by atoms with Gasteiger partial charge in [0.05, 0.1) is 28.3 Å². The average molecular weight is 347 g/mol. The minimum atomic E-state index is 0.198. The Balaban J connectivity index is 1.46. The Labute approximate surface area is 148 Å². The van der Waals surface area contributed by atoms with Crippen LogP contribution >= 0.6 is 11.3 Å². The summed E-state index contributed by atoms with van der Waals surface area (Å²) in [6, 6.07) is 8.38. The number of thiazole rings is 1. The molecule has 3 rings (SSSR count). The van der Waals surface area contributed by atoms with Gasteiger partial charge in [-0.2, -0.15) is 0 Å². The highest BCUT2D eigenvalue weighted by atomic mass is 32.1. The van der Waals surface area contributed by atoms with Crippen LogP contribution in [0.25, 0.3) is 10.2 Å². The van der Waals surface area contributed by atoms with Gasteiger partial charge < -0.3 is 10.2 Å². The topological polar surface area (TPSA) is 46.4 Å². The molecule has 0 saturated carbocycles. The first kappa shape index (κ1) is 17.4. The van der Waals surface area contributed by atoms with E-state index in [9.17, 15) is 4.79 Å². The fraction of sp³-hybridized carbons (Fsp3) is 0.579. The van der Waals surface area contributed by atoms with Gasteiger partial charge in [-0.25, -0.2) is 4.98 Å². The summed E-state index contributed by atoms with van der Waals surface area (Å²) in [7, 11) is 0. The second-order valence-electron chi connectivity index (χ2n) is 7.25. The Hall–Kier alpha value is -1.46. The molecule has 2 aromatic rings. The SMILES string of the molecule is CC(C)CCNC(=O)C[NH+]1CCC(c2nc3ccccc3s2)CC1. The summed E-state index contributed by atoms with van der Waals surface area (Å²) in [6.45, 7) is 7.92. The van der Waals surface area contributed by atoms with Crippen molar-refractivity contribution in [3.63, 3.8) is 0 Å². The summed E-state index contributed by atoms with van der Waals surface area (Å²) in [4.78, 5) is 18.2. The van der Waals surface area contributed by atoms with E-state index in [-0.39, 0.29) is 5.91 Å². The molecule has 0 unspecified atom stereocenters. The van der Waals surface area contributed by atoms with Crippen molar-refractivity contribution in [3.05, 3.63) is 29.3 Å². The largest absolute Gasteiger partial charge is 0.351 e. The van der Waals surface area contributed by atoms with Crippen molar-refractivity contribution in [2.75, 3.05) is 26.2 Å². The molecule has 1 aliphatic rings. The number of likely N-dealkylation sites (tertiary alicyclic amines) is 1. The second kappa shape index (κ2) is 8.08. The van der Waals surface area contributed by atoms with Gasteiger partial charge in [0, 0.05) is 25.3 Å². The van der Waals surface area contributed by atoms with E-state index in [1.54, 1.807) is 0 Å². The van der Waals surface area contributed by atoms with Crippen LogP contribution in [0.15, 0.2) is 24.3 Å². The van der Waals surface area contributed by atoms with Crippen LogP contribution in [-0.4, -0.2) is 37.1 Å². The number of nitrogens with zero attached hydrogens (tertiary/aromatic N) is 1. The summed E-state index contributed by atoms with van der Waals surface area (Å²) in [5, 5.41) is 4.33. The van der Waals surface area contributed by atoms with E-state index in [2.05, 4.69) is 43.4 Å². The maximum Gasteiger partial charge on any atom is 0.275 e. The molecule has 2 N–H and O–H groups in total. The van der Waals surface area contributed by atoms with Gasteiger partial charge in [-0.3, -0.25) is 4.79 Å². The number of aromatic nitrogens is 1. The fourth-order valence-electron chi connectivity index (χ4n) is 3.30. The van der Waals surface area contributed by atoms with Gasteiger partial charge in [0.25, 0.3) is 5.91 Å². The lowest BCUT2D eigenvalue weighted by Gasteiger charge is -2.27. The number of benzene rings is 1.